The van der Waals surface area contributed by atoms with Gasteiger partial charge in [0.2, 0.25) is 0 Å². The number of hydrogen-bond acceptors (Lipinski definition) is 4. The van der Waals surface area contributed by atoms with Crippen LogP contribution in [0, 0.1) is 25.0 Å². The predicted octanol–water partition coefficient (Wildman–Crippen LogP) is 12.4. The van der Waals surface area contributed by atoms with Gasteiger partial charge in [-0.1, -0.05) is 117 Å². The maximum atomic E-state index is 6.50. The van der Waals surface area contributed by atoms with E-state index in [-0.39, 0.29) is 25.5 Å². The molecule has 0 unspecified atom stereocenters. The Hall–Kier alpha value is -5.22. The molecule has 1 radical (unpaired) electrons. The van der Waals surface area contributed by atoms with Crippen LogP contribution < -0.4 is 0 Å². The summed E-state index contributed by atoms with van der Waals surface area (Å²) in [5.74, 6) is 0.800. The van der Waals surface area contributed by atoms with Crippen LogP contribution in [-0.4, -0.2) is 15.0 Å². The van der Waals surface area contributed by atoms with Gasteiger partial charge in [-0.2, -0.15) is 0 Å². The molecule has 0 saturated heterocycles. The smallest absolute Gasteiger partial charge is 0.120 e. The van der Waals surface area contributed by atoms with Crippen molar-refractivity contribution in [2.45, 2.75) is 58.3 Å². The molecule has 271 valence electrons. The average molecular weight is 882 g/mol. The molecule has 0 aliphatic heterocycles. The van der Waals surface area contributed by atoms with Gasteiger partial charge in [0.05, 0.1) is 5.58 Å². The van der Waals surface area contributed by atoms with E-state index >= 15 is 0 Å². The van der Waals surface area contributed by atoms with Crippen molar-refractivity contribution >= 4 is 21.9 Å². The Morgan fingerprint density at radius 3 is 2.31 bits per heavy atom. The number of fused-ring (bicyclic) bond motifs is 3. The topological polar surface area (TPSA) is 51.8 Å². The molecule has 8 aromatic rings. The first-order valence-corrected chi connectivity index (χ1v) is 18.7. The Balaban J connectivity index is 0.000000191. The average Bonchev–Trinajstić information content (AvgIpc) is 3.87. The number of benzene rings is 4. The second-order valence-corrected chi connectivity index (χ2v) is 14.7. The van der Waals surface area contributed by atoms with Crippen LogP contribution in [0.3, 0.4) is 0 Å². The van der Waals surface area contributed by atoms with Gasteiger partial charge in [0, 0.05) is 50.3 Å². The number of nitrogens with zero attached hydrogens (tertiary/aromatic N) is 3. The Morgan fingerprint density at radius 2 is 1.54 bits per heavy atom. The Morgan fingerprint density at radius 1 is 0.778 bits per heavy atom. The first-order chi connectivity index (χ1) is 26.0. The quantitative estimate of drug-likeness (QED) is 0.150. The molecule has 9 rings (SSSR count). The van der Waals surface area contributed by atoms with Crippen LogP contribution in [0.5, 0.6) is 0 Å². The summed E-state index contributed by atoms with van der Waals surface area (Å²) in [6.45, 7) is 6.60. The fourth-order valence-electron chi connectivity index (χ4n) is 7.82. The largest absolute Gasteiger partial charge is 0.501 e. The molecule has 4 nitrogen and oxygen atoms in total. The molecule has 5 heteroatoms. The molecule has 4 aromatic carbocycles. The fraction of sp³-hybridized carbons (Fsp3) is 0.204. The third kappa shape index (κ3) is 7.71. The van der Waals surface area contributed by atoms with E-state index in [1.807, 2.05) is 67.3 Å². The maximum absolute atomic E-state index is 6.50. The Labute approximate surface area is 332 Å². The van der Waals surface area contributed by atoms with E-state index in [2.05, 4.69) is 116 Å². The molecule has 4 aromatic heterocycles. The Bertz CT molecular complexity index is 2470. The zero-order valence-electron chi connectivity index (χ0n) is 31.0. The second-order valence-electron chi connectivity index (χ2n) is 14.7. The van der Waals surface area contributed by atoms with Crippen molar-refractivity contribution in [2.75, 3.05) is 0 Å². The number of para-hydroxylation sites is 1. The van der Waals surface area contributed by atoms with Gasteiger partial charge in [0.25, 0.3) is 0 Å². The van der Waals surface area contributed by atoms with Crippen LogP contribution in [0.1, 0.15) is 61.8 Å². The zero-order valence-corrected chi connectivity index (χ0v) is 33.4. The molecule has 0 spiro atoms. The van der Waals surface area contributed by atoms with Crippen molar-refractivity contribution in [3.05, 3.63) is 174 Å². The molecular formula is C49H43IrN3O-2. The summed E-state index contributed by atoms with van der Waals surface area (Å²) >= 11 is 0. The summed E-state index contributed by atoms with van der Waals surface area (Å²) in [4.78, 5) is 13.5. The molecule has 4 heterocycles. The summed E-state index contributed by atoms with van der Waals surface area (Å²) in [6.07, 6.45) is 14.1. The van der Waals surface area contributed by atoms with E-state index in [0.29, 0.717) is 0 Å². The molecule has 1 aliphatic carbocycles. The van der Waals surface area contributed by atoms with E-state index < -0.39 is 0 Å². The normalized spacial score (nSPS) is 13.0. The third-order valence-electron chi connectivity index (χ3n) is 10.8. The number of aryl methyl sites for hydroxylation is 1. The van der Waals surface area contributed by atoms with Gasteiger partial charge >= 0.3 is 0 Å². The van der Waals surface area contributed by atoms with Gasteiger partial charge in [0.1, 0.15) is 5.58 Å². The molecule has 0 amide bonds. The van der Waals surface area contributed by atoms with E-state index in [0.717, 1.165) is 56.8 Å². The number of hydrogen-bond donors (Lipinski definition) is 0. The fourth-order valence-corrected chi connectivity index (χ4v) is 7.82. The molecule has 0 N–H and O–H groups in total. The standard InChI is InChI=1S/C31H29N2O.C18H14N.Ir/c1-31(2,23-14-16-32-17-15-23)26-12-11-24(30-29(26)25-9-5-6-10-28(25)34-30)27-20-22(13-18-33-27)19-21-7-3-4-8-21;1-14-13-19-18(16-10-6-3-7-11-16)12-17(14)15-8-4-2-5-9-15;/h5-6,9-10,12-18,20-21H,3-4,7-8,19H2,1-2H3;2-10,12-13H,1H3;/q2*-1;. The second kappa shape index (κ2) is 16.4. The zero-order chi connectivity index (χ0) is 36.2. The van der Waals surface area contributed by atoms with Gasteiger partial charge in [-0.15, -0.1) is 53.6 Å². The summed E-state index contributed by atoms with van der Waals surface area (Å²) < 4.78 is 6.50. The van der Waals surface area contributed by atoms with Crippen molar-refractivity contribution in [2.24, 2.45) is 5.92 Å². The van der Waals surface area contributed by atoms with Crippen molar-refractivity contribution < 1.29 is 24.5 Å². The molecule has 54 heavy (non-hydrogen) atoms. The molecule has 0 bridgehead atoms. The molecule has 0 atom stereocenters. The maximum Gasteiger partial charge on any atom is 0.120 e. The van der Waals surface area contributed by atoms with Crippen LogP contribution in [0.15, 0.2) is 144 Å². The SMILES string of the molecule is CC(C)(c1ccncc1)c1c[c-]c(-c2cc(CC3CCCC3)ccn2)c2oc3ccccc3c12.Cc1cnc(-c2[c-]cccc2)cc1-c1ccccc1.[Ir]. The van der Waals surface area contributed by atoms with Gasteiger partial charge in [-0.05, 0) is 82.6 Å². The van der Waals surface area contributed by atoms with Gasteiger partial charge in [-0.25, -0.2) is 0 Å². The van der Waals surface area contributed by atoms with Crippen molar-refractivity contribution in [3.8, 4) is 33.6 Å². The summed E-state index contributed by atoms with van der Waals surface area (Å²) in [5.41, 5.74) is 12.8. The van der Waals surface area contributed by atoms with Crippen molar-refractivity contribution in [1.82, 2.24) is 15.0 Å². The van der Waals surface area contributed by atoms with Crippen LogP contribution in [0.25, 0.3) is 55.6 Å². The van der Waals surface area contributed by atoms with E-state index in [1.54, 1.807) is 0 Å². The molecular weight excluding hydrogens is 839 g/mol. The number of aromatic nitrogens is 3. The van der Waals surface area contributed by atoms with E-state index in [4.69, 9.17) is 9.40 Å². The monoisotopic (exact) mass is 882 g/mol. The molecule has 1 aliphatic rings. The van der Waals surface area contributed by atoms with Crippen molar-refractivity contribution in [1.29, 1.82) is 0 Å². The van der Waals surface area contributed by atoms with Crippen LogP contribution in [0.4, 0.5) is 0 Å². The minimum absolute atomic E-state index is 0. The third-order valence-corrected chi connectivity index (χ3v) is 10.8. The number of rotatable bonds is 7. The van der Waals surface area contributed by atoms with E-state index in [9.17, 15) is 0 Å². The number of pyridine rings is 3. The van der Waals surface area contributed by atoms with Gasteiger partial charge in [0.15, 0.2) is 0 Å². The summed E-state index contributed by atoms with van der Waals surface area (Å²) in [7, 11) is 0. The van der Waals surface area contributed by atoms with Gasteiger partial charge in [-0.3, -0.25) is 4.98 Å². The molecule has 1 fully saturated rings. The minimum Gasteiger partial charge on any atom is -0.501 e. The van der Waals surface area contributed by atoms with Crippen molar-refractivity contribution in [3.63, 3.8) is 0 Å². The minimum atomic E-state index is -0.236. The summed E-state index contributed by atoms with van der Waals surface area (Å²) in [5, 5.41) is 2.28. The molecule has 1 saturated carbocycles. The van der Waals surface area contributed by atoms with Crippen LogP contribution >= 0.6 is 0 Å². The first kappa shape index (κ1) is 37.1. The van der Waals surface area contributed by atoms with Crippen LogP contribution in [-0.2, 0) is 31.9 Å². The van der Waals surface area contributed by atoms with E-state index in [1.165, 1.54) is 59.1 Å². The first-order valence-electron chi connectivity index (χ1n) is 18.7. The Kier molecular flexibility index (Phi) is 11.3. The van der Waals surface area contributed by atoms with Crippen LogP contribution in [0.2, 0.25) is 0 Å². The van der Waals surface area contributed by atoms with Gasteiger partial charge < -0.3 is 14.4 Å². The predicted molar refractivity (Wildman–Crippen MR) is 216 cm³/mol. The summed E-state index contributed by atoms with van der Waals surface area (Å²) in [6, 6.07) is 46.3. The number of furan rings is 1.